The fourth-order valence-corrected chi connectivity index (χ4v) is 3.12. The third kappa shape index (κ3) is 4.60. The molecule has 0 aliphatic heterocycles. The fourth-order valence-electron chi connectivity index (χ4n) is 3.00. The summed E-state index contributed by atoms with van der Waals surface area (Å²) in [6.07, 6.45) is 0. The van der Waals surface area contributed by atoms with E-state index in [1.165, 1.54) is 23.1 Å². The maximum Gasteiger partial charge on any atom is 0.282 e. The van der Waals surface area contributed by atoms with Crippen LogP contribution in [-0.2, 0) is 6.54 Å². The number of hydrogen-bond donors (Lipinski definition) is 0. The molecule has 0 aliphatic rings. The van der Waals surface area contributed by atoms with Gasteiger partial charge in [-0.25, -0.2) is 0 Å². The molecule has 0 saturated heterocycles. The predicted octanol–water partition coefficient (Wildman–Crippen LogP) is 5.16. The lowest BCUT2D eigenvalue weighted by atomic mass is 10.0. The number of rotatable bonds is 6. The van der Waals surface area contributed by atoms with E-state index in [2.05, 4.69) is 6.07 Å². The van der Waals surface area contributed by atoms with Crippen LogP contribution in [0.2, 0.25) is 5.02 Å². The van der Waals surface area contributed by atoms with Gasteiger partial charge in [0.05, 0.1) is 11.0 Å². The Bertz CT molecular complexity index is 1060. The molecule has 0 heterocycles. The molecule has 0 spiro atoms. The van der Waals surface area contributed by atoms with Crippen LogP contribution in [0.5, 0.6) is 0 Å². The number of hydrogen-bond acceptors (Lipinski definition) is 4. The average molecular weight is 406 g/mol. The Morgan fingerprint density at radius 3 is 2.28 bits per heavy atom. The van der Waals surface area contributed by atoms with E-state index < -0.39 is 16.9 Å². The second-order valence-corrected chi connectivity index (χ2v) is 6.71. The summed E-state index contributed by atoms with van der Waals surface area (Å²) in [5.41, 5.74) is 0.999. The Morgan fingerprint density at radius 1 is 1.03 bits per heavy atom. The van der Waals surface area contributed by atoms with Gasteiger partial charge in [-0.1, -0.05) is 66.2 Å². The van der Waals surface area contributed by atoms with Crippen molar-refractivity contribution < 1.29 is 9.72 Å². The number of amides is 1. The summed E-state index contributed by atoms with van der Waals surface area (Å²) < 4.78 is 0. The predicted molar refractivity (Wildman–Crippen MR) is 109 cm³/mol. The van der Waals surface area contributed by atoms with Gasteiger partial charge in [-0.15, -0.1) is 0 Å². The highest BCUT2D eigenvalue weighted by Gasteiger charge is 2.30. The number of para-hydroxylation sites is 1. The van der Waals surface area contributed by atoms with Crippen molar-refractivity contribution in [3.05, 3.63) is 111 Å². The molecule has 3 aromatic rings. The van der Waals surface area contributed by atoms with Crippen molar-refractivity contribution in [1.82, 2.24) is 4.90 Å². The maximum absolute atomic E-state index is 13.4. The van der Waals surface area contributed by atoms with Crippen LogP contribution in [0.4, 0.5) is 5.69 Å². The molecule has 1 amide bonds. The first-order valence-electron chi connectivity index (χ1n) is 8.74. The number of halogens is 1. The number of nitriles is 1. The normalized spacial score (nSPS) is 11.3. The quantitative estimate of drug-likeness (QED) is 0.418. The molecule has 6 nitrogen and oxygen atoms in total. The van der Waals surface area contributed by atoms with Crippen LogP contribution < -0.4 is 0 Å². The lowest BCUT2D eigenvalue weighted by Crippen LogP contribution is -2.34. The summed E-state index contributed by atoms with van der Waals surface area (Å²) in [4.78, 5) is 25.5. The van der Waals surface area contributed by atoms with Crippen molar-refractivity contribution in [2.24, 2.45) is 0 Å². The summed E-state index contributed by atoms with van der Waals surface area (Å²) in [6.45, 7) is 0.118. The van der Waals surface area contributed by atoms with Crippen LogP contribution in [0, 0.1) is 21.4 Å². The van der Waals surface area contributed by atoms with Gasteiger partial charge >= 0.3 is 0 Å². The minimum absolute atomic E-state index is 0.0670. The molecular weight excluding hydrogens is 390 g/mol. The summed E-state index contributed by atoms with van der Waals surface area (Å²) in [7, 11) is 0. The van der Waals surface area contributed by atoms with Gasteiger partial charge in [0.25, 0.3) is 11.6 Å². The van der Waals surface area contributed by atoms with E-state index in [0.29, 0.717) is 10.6 Å². The van der Waals surface area contributed by atoms with Gasteiger partial charge in [-0.3, -0.25) is 14.9 Å². The lowest BCUT2D eigenvalue weighted by molar-refractivity contribution is -0.385. The molecule has 7 heteroatoms. The zero-order chi connectivity index (χ0) is 20.8. The molecule has 0 aliphatic carbocycles. The van der Waals surface area contributed by atoms with Gasteiger partial charge in [-0.2, -0.15) is 5.26 Å². The van der Waals surface area contributed by atoms with Crippen molar-refractivity contribution in [1.29, 1.82) is 5.26 Å². The van der Waals surface area contributed by atoms with E-state index in [1.54, 1.807) is 30.3 Å². The zero-order valence-electron chi connectivity index (χ0n) is 15.2. The highest BCUT2D eigenvalue weighted by molar-refractivity contribution is 6.30. The maximum atomic E-state index is 13.4. The van der Waals surface area contributed by atoms with Crippen LogP contribution >= 0.6 is 11.6 Å². The summed E-state index contributed by atoms with van der Waals surface area (Å²) in [6, 6.07) is 22.7. The summed E-state index contributed by atoms with van der Waals surface area (Å²) in [5.74, 6) is -0.595. The molecule has 3 rings (SSSR count). The number of nitro benzene ring substituents is 1. The van der Waals surface area contributed by atoms with Crippen LogP contribution in [0.15, 0.2) is 78.9 Å². The SMILES string of the molecule is N#CC(c1ccc(Cl)cc1)N(Cc1ccccc1)C(=O)c1ccccc1[N+](=O)[O-]. The van der Waals surface area contributed by atoms with Crippen LogP contribution in [0.3, 0.4) is 0 Å². The number of carbonyl (C=O) groups excluding carboxylic acids is 1. The molecular formula is C22H16ClN3O3. The Morgan fingerprint density at radius 2 is 1.66 bits per heavy atom. The monoisotopic (exact) mass is 405 g/mol. The van der Waals surface area contributed by atoms with Crippen LogP contribution in [-0.4, -0.2) is 15.7 Å². The lowest BCUT2D eigenvalue weighted by Gasteiger charge is -2.28. The van der Waals surface area contributed by atoms with Gasteiger partial charge in [0.2, 0.25) is 0 Å². The highest BCUT2D eigenvalue weighted by atomic mass is 35.5. The Hall–Kier alpha value is -3.69. The second-order valence-electron chi connectivity index (χ2n) is 6.28. The molecule has 3 aromatic carbocycles. The van der Waals surface area contributed by atoms with Gasteiger partial charge in [0.1, 0.15) is 11.6 Å². The second kappa shape index (κ2) is 9.00. The molecule has 1 atom stereocenters. The largest absolute Gasteiger partial charge is 0.314 e. The van der Waals surface area contributed by atoms with Crippen LogP contribution in [0.25, 0.3) is 0 Å². The van der Waals surface area contributed by atoms with Crippen molar-refractivity contribution >= 4 is 23.2 Å². The van der Waals surface area contributed by atoms with Crippen molar-refractivity contribution in [3.8, 4) is 6.07 Å². The first-order valence-corrected chi connectivity index (χ1v) is 9.12. The smallest absolute Gasteiger partial charge is 0.282 e. The van der Waals surface area contributed by atoms with Gasteiger partial charge < -0.3 is 4.90 Å². The molecule has 29 heavy (non-hydrogen) atoms. The topological polar surface area (TPSA) is 87.2 Å². The number of carbonyl (C=O) groups is 1. The van der Waals surface area contributed by atoms with E-state index in [4.69, 9.17) is 11.6 Å². The Labute approximate surface area is 172 Å². The van der Waals surface area contributed by atoms with Gasteiger partial charge in [0.15, 0.2) is 0 Å². The molecule has 0 N–H and O–H groups in total. The number of benzene rings is 3. The average Bonchev–Trinajstić information content (AvgIpc) is 2.75. The molecule has 0 aromatic heterocycles. The Kier molecular flexibility index (Phi) is 6.22. The minimum atomic E-state index is -0.945. The zero-order valence-corrected chi connectivity index (χ0v) is 16.0. The first-order chi connectivity index (χ1) is 14.0. The van der Waals surface area contributed by atoms with Crippen molar-refractivity contribution in [2.45, 2.75) is 12.6 Å². The Balaban J connectivity index is 2.07. The molecule has 1 unspecified atom stereocenters. The first kappa shape index (κ1) is 20.1. The number of nitrogens with zero attached hydrogens (tertiary/aromatic N) is 3. The highest BCUT2D eigenvalue weighted by Crippen LogP contribution is 2.28. The fraction of sp³-hybridized carbons (Fsp3) is 0.0909. The van der Waals surface area contributed by atoms with E-state index in [0.717, 1.165) is 5.56 Å². The van der Waals surface area contributed by atoms with Gasteiger partial charge in [0, 0.05) is 17.6 Å². The van der Waals surface area contributed by atoms with E-state index in [-0.39, 0.29) is 17.8 Å². The van der Waals surface area contributed by atoms with E-state index in [1.807, 2.05) is 30.3 Å². The molecule has 0 saturated carbocycles. The molecule has 0 bridgehead atoms. The molecule has 0 fully saturated rings. The third-order valence-corrected chi connectivity index (χ3v) is 4.66. The van der Waals surface area contributed by atoms with E-state index in [9.17, 15) is 20.2 Å². The standard InChI is InChI=1S/C22H16ClN3O3/c23-18-12-10-17(11-13-18)21(14-24)25(15-16-6-2-1-3-7-16)22(27)19-8-4-5-9-20(19)26(28)29/h1-13,21H,15H2. The summed E-state index contributed by atoms with van der Waals surface area (Å²) >= 11 is 5.94. The number of nitro groups is 1. The van der Waals surface area contributed by atoms with E-state index >= 15 is 0 Å². The van der Waals surface area contributed by atoms with Crippen LogP contribution in [0.1, 0.15) is 27.5 Å². The molecule has 0 radical (unpaired) electrons. The summed E-state index contributed by atoms with van der Waals surface area (Å²) in [5, 5.41) is 21.8. The molecule has 144 valence electrons. The van der Waals surface area contributed by atoms with Crippen molar-refractivity contribution in [3.63, 3.8) is 0 Å². The van der Waals surface area contributed by atoms with Crippen molar-refractivity contribution in [2.75, 3.05) is 0 Å². The minimum Gasteiger partial charge on any atom is -0.314 e. The van der Waals surface area contributed by atoms with Gasteiger partial charge in [-0.05, 0) is 29.3 Å². The third-order valence-electron chi connectivity index (χ3n) is 4.41.